The van der Waals surface area contributed by atoms with E-state index in [1.165, 1.54) is 0 Å². The molecular weight excluding hydrogens is 160 g/mol. The van der Waals surface area contributed by atoms with Gasteiger partial charge in [0.05, 0.1) is 5.41 Å². The highest BCUT2D eigenvalue weighted by atomic mass is 16.2. The van der Waals surface area contributed by atoms with Crippen LogP contribution in [-0.4, -0.2) is 24.8 Å². The Hall–Kier alpha value is -1.39. The Morgan fingerprint density at radius 2 is 2.25 bits per heavy atom. The van der Waals surface area contributed by atoms with Crippen molar-refractivity contribution in [1.82, 2.24) is 10.6 Å². The van der Waals surface area contributed by atoms with Gasteiger partial charge in [-0.2, -0.15) is 0 Å². The van der Waals surface area contributed by atoms with Crippen LogP contribution in [0.4, 0.5) is 4.79 Å². The number of carbonyl (C=O) groups is 3. The molecule has 3 amide bonds. The fraction of sp³-hybridized carbons (Fsp3) is 0.571. The van der Waals surface area contributed by atoms with E-state index in [0.717, 1.165) is 0 Å². The second-order valence-corrected chi connectivity index (χ2v) is 3.07. The zero-order valence-electron chi connectivity index (χ0n) is 6.72. The number of amides is 3. The van der Waals surface area contributed by atoms with Crippen LogP contribution >= 0.6 is 0 Å². The van der Waals surface area contributed by atoms with Crippen molar-refractivity contribution in [2.45, 2.75) is 13.3 Å². The average molecular weight is 170 g/mol. The molecule has 1 saturated heterocycles. The lowest BCUT2D eigenvalue weighted by Gasteiger charge is -2.30. The van der Waals surface area contributed by atoms with Crippen LogP contribution in [0.25, 0.3) is 0 Å². The number of imide groups is 1. The van der Waals surface area contributed by atoms with Gasteiger partial charge in [-0.15, -0.1) is 0 Å². The summed E-state index contributed by atoms with van der Waals surface area (Å²) in [6.45, 7) is 1.85. The van der Waals surface area contributed by atoms with E-state index >= 15 is 0 Å². The smallest absolute Gasteiger partial charge is 0.321 e. The van der Waals surface area contributed by atoms with E-state index in [0.29, 0.717) is 6.29 Å². The molecule has 1 aliphatic rings. The largest absolute Gasteiger partial charge is 0.337 e. The quantitative estimate of drug-likeness (QED) is 0.544. The second-order valence-electron chi connectivity index (χ2n) is 3.07. The second kappa shape index (κ2) is 2.92. The number of nitrogens with one attached hydrogen (secondary N) is 2. The van der Waals surface area contributed by atoms with Gasteiger partial charge in [0, 0.05) is 13.0 Å². The van der Waals surface area contributed by atoms with E-state index in [9.17, 15) is 14.4 Å². The van der Waals surface area contributed by atoms with E-state index in [-0.39, 0.29) is 13.0 Å². The van der Waals surface area contributed by atoms with Gasteiger partial charge in [-0.25, -0.2) is 4.79 Å². The van der Waals surface area contributed by atoms with Crippen molar-refractivity contribution in [2.75, 3.05) is 6.54 Å². The minimum absolute atomic E-state index is 0.124. The molecule has 1 unspecified atom stereocenters. The van der Waals surface area contributed by atoms with Crippen LogP contribution in [0.15, 0.2) is 0 Å². The summed E-state index contributed by atoms with van der Waals surface area (Å²) < 4.78 is 0. The zero-order chi connectivity index (χ0) is 9.19. The highest BCUT2D eigenvalue weighted by molar-refractivity contribution is 6.00. The van der Waals surface area contributed by atoms with Gasteiger partial charge in [0.15, 0.2) is 0 Å². The van der Waals surface area contributed by atoms with Crippen LogP contribution in [-0.2, 0) is 9.59 Å². The molecule has 0 spiro atoms. The maximum absolute atomic E-state index is 11.2. The van der Waals surface area contributed by atoms with Crippen LogP contribution in [0.1, 0.15) is 13.3 Å². The number of urea groups is 1. The Morgan fingerprint density at radius 3 is 2.75 bits per heavy atom. The summed E-state index contributed by atoms with van der Waals surface area (Å²) in [6.07, 6.45) is 0.802. The maximum atomic E-state index is 11.2. The fourth-order valence-electron chi connectivity index (χ4n) is 1.00. The van der Waals surface area contributed by atoms with Crippen molar-refractivity contribution >= 4 is 18.2 Å². The average Bonchev–Trinajstić information content (AvgIpc) is 1.99. The molecular formula is C7H10N2O3. The van der Waals surface area contributed by atoms with Crippen molar-refractivity contribution in [3.05, 3.63) is 0 Å². The summed E-state index contributed by atoms with van der Waals surface area (Å²) in [5.74, 6) is -0.390. The Morgan fingerprint density at radius 1 is 1.58 bits per heavy atom. The molecule has 0 aliphatic carbocycles. The number of aldehydes is 1. The van der Waals surface area contributed by atoms with Crippen molar-refractivity contribution in [1.29, 1.82) is 0 Å². The van der Waals surface area contributed by atoms with Gasteiger partial charge < -0.3 is 10.1 Å². The first kappa shape index (κ1) is 8.70. The van der Waals surface area contributed by atoms with Crippen LogP contribution in [0.3, 0.4) is 0 Å². The minimum Gasteiger partial charge on any atom is -0.337 e. The summed E-state index contributed by atoms with van der Waals surface area (Å²) in [7, 11) is 0. The van der Waals surface area contributed by atoms with Gasteiger partial charge >= 0.3 is 6.03 Å². The summed E-state index contributed by atoms with van der Waals surface area (Å²) in [4.78, 5) is 32.0. The van der Waals surface area contributed by atoms with E-state index in [4.69, 9.17) is 0 Å². The van der Waals surface area contributed by atoms with E-state index < -0.39 is 17.4 Å². The van der Waals surface area contributed by atoms with Crippen LogP contribution in [0.2, 0.25) is 0 Å². The van der Waals surface area contributed by atoms with Gasteiger partial charge in [-0.1, -0.05) is 0 Å². The molecule has 1 atom stereocenters. The van der Waals surface area contributed by atoms with Crippen LogP contribution < -0.4 is 10.6 Å². The Labute approximate surface area is 69.5 Å². The number of hydrogen-bond donors (Lipinski definition) is 2. The molecule has 0 radical (unpaired) electrons. The number of rotatable bonds is 2. The molecule has 0 aromatic heterocycles. The van der Waals surface area contributed by atoms with E-state index in [2.05, 4.69) is 10.6 Å². The molecule has 0 aromatic carbocycles. The number of carbonyl (C=O) groups excluding carboxylic acids is 3. The molecule has 0 aromatic rings. The lowest BCUT2D eigenvalue weighted by molar-refractivity contribution is -0.132. The van der Waals surface area contributed by atoms with Crippen LogP contribution in [0, 0.1) is 5.41 Å². The normalized spacial score (nSPS) is 29.1. The first-order valence-electron chi connectivity index (χ1n) is 3.61. The molecule has 0 saturated carbocycles. The lowest BCUT2D eigenvalue weighted by atomic mass is 9.85. The molecule has 1 fully saturated rings. The predicted molar refractivity (Wildman–Crippen MR) is 40.3 cm³/mol. The third-order valence-electron chi connectivity index (χ3n) is 1.95. The van der Waals surface area contributed by atoms with Crippen molar-refractivity contribution in [2.24, 2.45) is 5.41 Å². The highest BCUT2D eigenvalue weighted by Gasteiger charge is 2.37. The molecule has 5 heteroatoms. The van der Waals surface area contributed by atoms with Crippen molar-refractivity contribution in [3.8, 4) is 0 Å². The van der Waals surface area contributed by atoms with Crippen molar-refractivity contribution in [3.63, 3.8) is 0 Å². The molecule has 1 heterocycles. The fourth-order valence-corrected chi connectivity index (χ4v) is 1.00. The molecule has 0 bridgehead atoms. The van der Waals surface area contributed by atoms with Crippen LogP contribution in [0.5, 0.6) is 0 Å². The Balaban J connectivity index is 2.72. The molecule has 2 N–H and O–H groups in total. The standard InChI is InChI=1S/C7H10N2O3/c1-7(2-3-10)4-8-6(12)9-5(7)11/h3H,2,4H2,1H3,(H2,8,9,11,12). The maximum Gasteiger partial charge on any atom is 0.321 e. The van der Waals surface area contributed by atoms with Gasteiger partial charge in [0.1, 0.15) is 6.29 Å². The van der Waals surface area contributed by atoms with Gasteiger partial charge in [-0.05, 0) is 6.92 Å². The summed E-state index contributed by atoms with van der Waals surface area (Å²) in [5, 5.41) is 4.56. The van der Waals surface area contributed by atoms with Gasteiger partial charge in [0.2, 0.25) is 5.91 Å². The third-order valence-corrected chi connectivity index (χ3v) is 1.95. The molecule has 1 rings (SSSR count). The molecule has 66 valence electrons. The lowest BCUT2D eigenvalue weighted by Crippen LogP contribution is -2.57. The monoisotopic (exact) mass is 170 g/mol. The van der Waals surface area contributed by atoms with Gasteiger partial charge in [-0.3, -0.25) is 10.1 Å². The van der Waals surface area contributed by atoms with E-state index in [1.54, 1.807) is 6.92 Å². The summed E-state index contributed by atoms with van der Waals surface area (Å²) >= 11 is 0. The molecule has 12 heavy (non-hydrogen) atoms. The first-order valence-corrected chi connectivity index (χ1v) is 3.61. The van der Waals surface area contributed by atoms with E-state index in [1.807, 2.05) is 0 Å². The molecule has 5 nitrogen and oxygen atoms in total. The number of hydrogen-bond acceptors (Lipinski definition) is 3. The Kier molecular flexibility index (Phi) is 2.12. The van der Waals surface area contributed by atoms with Crippen molar-refractivity contribution < 1.29 is 14.4 Å². The first-order chi connectivity index (χ1) is 5.58. The summed E-state index contributed by atoms with van der Waals surface area (Å²) in [6, 6.07) is -0.497. The third kappa shape index (κ3) is 1.44. The SMILES string of the molecule is CC1(CC=O)CNC(=O)NC1=O. The summed E-state index contributed by atoms with van der Waals surface area (Å²) in [5.41, 5.74) is -0.782. The topological polar surface area (TPSA) is 75.3 Å². The Bertz CT molecular complexity index is 239. The predicted octanol–water partition coefficient (Wildman–Crippen LogP) is -0.579. The zero-order valence-corrected chi connectivity index (χ0v) is 6.72. The highest BCUT2D eigenvalue weighted by Crippen LogP contribution is 2.20. The molecule has 1 aliphatic heterocycles. The van der Waals surface area contributed by atoms with Gasteiger partial charge in [0.25, 0.3) is 0 Å². The minimum atomic E-state index is -0.782.